The summed E-state index contributed by atoms with van der Waals surface area (Å²) in [5.41, 5.74) is 1.98. The number of rotatable bonds is 5. The van der Waals surface area contributed by atoms with Crippen LogP contribution in [0.1, 0.15) is 45.0 Å². The van der Waals surface area contributed by atoms with E-state index in [1.54, 1.807) is 0 Å². The monoisotopic (exact) mass is 323 g/mol. The largest absolute Gasteiger partial charge is 0.346 e. The van der Waals surface area contributed by atoms with Crippen LogP contribution in [0.4, 0.5) is 0 Å². The normalized spacial score (nSPS) is 27.5. The number of allylic oxidation sites excluding steroid dienone is 2. The van der Waals surface area contributed by atoms with Gasteiger partial charge in [-0.3, -0.25) is 4.79 Å². The molecule has 4 nitrogen and oxygen atoms in total. The van der Waals surface area contributed by atoms with Crippen LogP contribution < -0.4 is 5.32 Å². The second-order valence-electron chi connectivity index (χ2n) is 7.40. The van der Waals surface area contributed by atoms with Gasteiger partial charge in [-0.2, -0.15) is 0 Å². The van der Waals surface area contributed by atoms with Gasteiger partial charge in [-0.15, -0.1) is 0 Å². The standard InChI is InChI=1S/C20H25N3O/c1-3-12(2)18(19-21-16-6-4-5-7-17(16)22-19)23-20(24)15-11-13-8-9-14(15)10-13/h4-9,12-15,18H,3,10-11H2,1-2H3,(H,21,22)(H,23,24)/t12-,13-,14-,15+,18+/m0/s1. The van der Waals surface area contributed by atoms with Crippen LogP contribution in [0.3, 0.4) is 0 Å². The predicted molar refractivity (Wildman–Crippen MR) is 95.3 cm³/mol. The molecule has 1 aromatic heterocycles. The highest BCUT2D eigenvalue weighted by Crippen LogP contribution is 2.43. The van der Waals surface area contributed by atoms with Crippen LogP contribution in [-0.2, 0) is 4.79 Å². The molecule has 0 radical (unpaired) electrons. The van der Waals surface area contributed by atoms with E-state index in [0.717, 1.165) is 36.1 Å². The van der Waals surface area contributed by atoms with Crippen molar-refractivity contribution in [3.63, 3.8) is 0 Å². The Kier molecular flexibility index (Phi) is 3.91. The number of benzene rings is 1. The van der Waals surface area contributed by atoms with Gasteiger partial charge in [0.25, 0.3) is 0 Å². The molecule has 2 bridgehead atoms. The van der Waals surface area contributed by atoms with E-state index in [0.29, 0.717) is 17.8 Å². The molecule has 0 aliphatic heterocycles. The summed E-state index contributed by atoms with van der Waals surface area (Å²) >= 11 is 0. The zero-order valence-electron chi connectivity index (χ0n) is 14.3. The Labute approximate surface area is 142 Å². The molecule has 2 aliphatic rings. The Morgan fingerprint density at radius 2 is 2.17 bits per heavy atom. The summed E-state index contributed by atoms with van der Waals surface area (Å²) in [5, 5.41) is 3.31. The van der Waals surface area contributed by atoms with E-state index < -0.39 is 0 Å². The lowest BCUT2D eigenvalue weighted by Crippen LogP contribution is -2.38. The van der Waals surface area contributed by atoms with E-state index in [2.05, 4.69) is 36.3 Å². The third kappa shape index (κ3) is 2.64. The van der Waals surface area contributed by atoms with Gasteiger partial charge in [-0.1, -0.05) is 44.6 Å². The van der Waals surface area contributed by atoms with Gasteiger partial charge in [-0.05, 0) is 42.7 Å². The topological polar surface area (TPSA) is 57.8 Å². The van der Waals surface area contributed by atoms with Crippen LogP contribution in [0, 0.1) is 23.7 Å². The molecule has 0 spiro atoms. The molecule has 0 saturated heterocycles. The van der Waals surface area contributed by atoms with Crippen LogP contribution in [0.25, 0.3) is 11.0 Å². The lowest BCUT2D eigenvalue weighted by Gasteiger charge is -2.26. The molecule has 1 aromatic carbocycles. The first kappa shape index (κ1) is 15.4. The van der Waals surface area contributed by atoms with E-state index in [-0.39, 0.29) is 17.9 Å². The van der Waals surface area contributed by atoms with Crippen LogP contribution in [0.2, 0.25) is 0 Å². The van der Waals surface area contributed by atoms with Crippen molar-refractivity contribution >= 4 is 16.9 Å². The number of imidazole rings is 1. The Balaban J connectivity index is 1.57. The maximum Gasteiger partial charge on any atom is 0.224 e. The second kappa shape index (κ2) is 6.08. The molecule has 0 unspecified atom stereocenters. The number of H-pyrrole nitrogens is 1. The molecule has 2 aromatic rings. The highest BCUT2D eigenvalue weighted by atomic mass is 16.2. The number of hydrogen-bond acceptors (Lipinski definition) is 2. The summed E-state index contributed by atoms with van der Waals surface area (Å²) in [4.78, 5) is 21.0. The molecular formula is C20H25N3O. The minimum absolute atomic E-state index is 0.0574. The van der Waals surface area contributed by atoms with Crippen LogP contribution >= 0.6 is 0 Å². The molecule has 2 aliphatic carbocycles. The first-order valence-corrected chi connectivity index (χ1v) is 9.09. The van der Waals surface area contributed by atoms with Crippen LogP contribution in [0.5, 0.6) is 0 Å². The summed E-state index contributed by atoms with van der Waals surface area (Å²) < 4.78 is 0. The molecule has 5 atom stereocenters. The van der Waals surface area contributed by atoms with Crippen molar-refractivity contribution in [2.45, 2.75) is 39.2 Å². The Hall–Kier alpha value is -2.10. The number of aromatic nitrogens is 2. The third-order valence-corrected chi connectivity index (χ3v) is 5.83. The summed E-state index contributed by atoms with van der Waals surface area (Å²) in [6, 6.07) is 7.97. The maximum atomic E-state index is 12.9. The number of para-hydroxylation sites is 2. The highest BCUT2D eigenvalue weighted by molar-refractivity contribution is 5.81. The van der Waals surface area contributed by atoms with E-state index in [4.69, 9.17) is 4.98 Å². The van der Waals surface area contributed by atoms with Gasteiger partial charge in [0.05, 0.1) is 17.1 Å². The van der Waals surface area contributed by atoms with E-state index >= 15 is 0 Å². The molecule has 4 heteroatoms. The third-order valence-electron chi connectivity index (χ3n) is 5.83. The number of aromatic amines is 1. The van der Waals surface area contributed by atoms with E-state index in [1.165, 1.54) is 0 Å². The first-order chi connectivity index (χ1) is 11.7. The van der Waals surface area contributed by atoms with Crippen LogP contribution in [0.15, 0.2) is 36.4 Å². The smallest absolute Gasteiger partial charge is 0.224 e. The molecule has 24 heavy (non-hydrogen) atoms. The zero-order valence-corrected chi connectivity index (χ0v) is 14.3. The summed E-state index contributed by atoms with van der Waals surface area (Å²) in [6.45, 7) is 4.34. The second-order valence-corrected chi connectivity index (χ2v) is 7.40. The van der Waals surface area contributed by atoms with Crippen molar-refractivity contribution < 1.29 is 4.79 Å². The number of amides is 1. The highest BCUT2D eigenvalue weighted by Gasteiger charge is 2.40. The number of carbonyl (C=O) groups is 1. The van der Waals surface area contributed by atoms with Gasteiger partial charge >= 0.3 is 0 Å². The molecule has 1 saturated carbocycles. The maximum absolute atomic E-state index is 12.9. The fourth-order valence-electron chi connectivity index (χ4n) is 4.18. The Bertz CT molecular complexity index is 745. The van der Waals surface area contributed by atoms with Gasteiger partial charge in [0.1, 0.15) is 5.82 Å². The number of nitrogens with zero attached hydrogens (tertiary/aromatic N) is 1. The molecule has 126 valence electrons. The van der Waals surface area contributed by atoms with Gasteiger partial charge in [0.2, 0.25) is 5.91 Å². The fraction of sp³-hybridized carbons (Fsp3) is 0.500. The van der Waals surface area contributed by atoms with Gasteiger partial charge in [0.15, 0.2) is 0 Å². The summed E-state index contributed by atoms with van der Waals surface area (Å²) in [7, 11) is 0. The quantitative estimate of drug-likeness (QED) is 0.818. The SMILES string of the molecule is CC[C@H](C)[C@@H](NC(=O)[C@@H]1C[C@H]2C=C[C@H]1C2)c1nc2ccccc2[nH]1. The minimum atomic E-state index is -0.0574. The Morgan fingerprint density at radius 3 is 2.83 bits per heavy atom. The molecule has 1 heterocycles. The van der Waals surface area contributed by atoms with Crippen molar-refractivity contribution in [3.05, 3.63) is 42.2 Å². The van der Waals surface area contributed by atoms with Crippen molar-refractivity contribution in [3.8, 4) is 0 Å². The van der Waals surface area contributed by atoms with E-state index in [1.807, 2.05) is 24.3 Å². The lowest BCUT2D eigenvalue weighted by molar-refractivity contribution is -0.127. The lowest BCUT2D eigenvalue weighted by atomic mass is 9.91. The van der Waals surface area contributed by atoms with Gasteiger partial charge < -0.3 is 10.3 Å². The Morgan fingerprint density at radius 1 is 1.33 bits per heavy atom. The molecule has 2 N–H and O–H groups in total. The van der Waals surface area contributed by atoms with Crippen molar-refractivity contribution in [2.75, 3.05) is 0 Å². The van der Waals surface area contributed by atoms with E-state index in [9.17, 15) is 4.79 Å². The number of hydrogen-bond donors (Lipinski definition) is 2. The van der Waals surface area contributed by atoms with Crippen molar-refractivity contribution in [1.29, 1.82) is 0 Å². The molecule has 1 fully saturated rings. The molecular weight excluding hydrogens is 298 g/mol. The first-order valence-electron chi connectivity index (χ1n) is 9.09. The average molecular weight is 323 g/mol. The van der Waals surface area contributed by atoms with Crippen LogP contribution in [-0.4, -0.2) is 15.9 Å². The van der Waals surface area contributed by atoms with Crippen molar-refractivity contribution in [2.24, 2.45) is 23.7 Å². The molecule has 1 amide bonds. The summed E-state index contributed by atoms with van der Waals surface area (Å²) in [5.74, 6) is 2.58. The summed E-state index contributed by atoms with van der Waals surface area (Å²) in [6.07, 6.45) is 7.66. The number of fused-ring (bicyclic) bond motifs is 3. The zero-order chi connectivity index (χ0) is 16.7. The van der Waals surface area contributed by atoms with Gasteiger partial charge in [-0.25, -0.2) is 4.98 Å². The van der Waals surface area contributed by atoms with Crippen molar-refractivity contribution in [1.82, 2.24) is 15.3 Å². The minimum Gasteiger partial charge on any atom is -0.346 e. The number of carbonyl (C=O) groups excluding carboxylic acids is 1. The fourth-order valence-corrected chi connectivity index (χ4v) is 4.18. The predicted octanol–water partition coefficient (Wildman–Crippen LogP) is 3.98. The molecule has 4 rings (SSSR count). The average Bonchev–Trinajstić information content (AvgIpc) is 3.32. The number of nitrogens with one attached hydrogen (secondary N) is 2. The van der Waals surface area contributed by atoms with Gasteiger partial charge in [0, 0.05) is 5.92 Å².